The number of hydrogen-bond acceptors (Lipinski definition) is 4. The highest BCUT2D eigenvalue weighted by molar-refractivity contribution is 6.02. The summed E-state index contributed by atoms with van der Waals surface area (Å²) < 4.78 is 0. The standard InChI is InChI=1S/C16H11N3O3/c17-11-13-5-2-1-4-12(13)8-9-16(20)18-14-6-3-7-15(10-14)19(21)22/h1-10H,(H,18,20)/b9-8+. The lowest BCUT2D eigenvalue weighted by Gasteiger charge is -2.02. The van der Waals surface area contributed by atoms with Crippen molar-refractivity contribution in [3.05, 3.63) is 75.8 Å². The Labute approximate surface area is 126 Å². The van der Waals surface area contributed by atoms with Gasteiger partial charge in [-0.25, -0.2) is 0 Å². The van der Waals surface area contributed by atoms with E-state index in [0.29, 0.717) is 16.8 Å². The molecule has 0 aliphatic carbocycles. The van der Waals surface area contributed by atoms with Crippen LogP contribution < -0.4 is 5.32 Å². The average Bonchev–Trinajstić information content (AvgIpc) is 2.53. The predicted molar refractivity (Wildman–Crippen MR) is 81.9 cm³/mol. The van der Waals surface area contributed by atoms with E-state index in [1.54, 1.807) is 30.3 Å². The molecule has 0 spiro atoms. The molecule has 0 saturated carbocycles. The number of nitrogens with one attached hydrogen (secondary N) is 1. The van der Waals surface area contributed by atoms with Crippen LogP contribution in [-0.4, -0.2) is 10.8 Å². The van der Waals surface area contributed by atoms with Gasteiger partial charge in [0.2, 0.25) is 5.91 Å². The summed E-state index contributed by atoms with van der Waals surface area (Å²) in [4.78, 5) is 22.0. The van der Waals surface area contributed by atoms with E-state index in [4.69, 9.17) is 5.26 Å². The molecule has 0 aromatic heterocycles. The maximum absolute atomic E-state index is 11.8. The summed E-state index contributed by atoms with van der Waals surface area (Å²) in [5.41, 5.74) is 1.31. The Morgan fingerprint density at radius 1 is 1.23 bits per heavy atom. The van der Waals surface area contributed by atoms with Crippen LogP contribution in [0.3, 0.4) is 0 Å². The average molecular weight is 293 g/mol. The minimum absolute atomic E-state index is 0.100. The van der Waals surface area contributed by atoms with Gasteiger partial charge < -0.3 is 5.32 Å². The van der Waals surface area contributed by atoms with Gasteiger partial charge >= 0.3 is 0 Å². The number of anilines is 1. The van der Waals surface area contributed by atoms with Crippen LogP contribution in [0.15, 0.2) is 54.6 Å². The molecule has 0 radical (unpaired) electrons. The topological polar surface area (TPSA) is 96.0 Å². The van der Waals surface area contributed by atoms with Gasteiger partial charge in [-0.15, -0.1) is 0 Å². The molecule has 2 aromatic carbocycles. The second-order valence-corrected chi connectivity index (χ2v) is 4.33. The van der Waals surface area contributed by atoms with Gasteiger partial charge in [0.25, 0.3) is 5.69 Å². The summed E-state index contributed by atoms with van der Waals surface area (Å²) in [6.45, 7) is 0. The predicted octanol–water partition coefficient (Wildman–Crippen LogP) is 3.12. The molecule has 0 bridgehead atoms. The fraction of sp³-hybridized carbons (Fsp3) is 0. The molecule has 0 saturated heterocycles. The maximum Gasteiger partial charge on any atom is 0.271 e. The molecule has 22 heavy (non-hydrogen) atoms. The van der Waals surface area contributed by atoms with Gasteiger partial charge in [0.1, 0.15) is 0 Å². The third-order valence-corrected chi connectivity index (χ3v) is 2.82. The van der Waals surface area contributed by atoms with Crippen molar-refractivity contribution in [3.8, 4) is 6.07 Å². The van der Waals surface area contributed by atoms with Crippen molar-refractivity contribution in [2.24, 2.45) is 0 Å². The minimum atomic E-state index is -0.533. The summed E-state index contributed by atoms with van der Waals surface area (Å²) in [6.07, 6.45) is 2.79. The smallest absolute Gasteiger partial charge is 0.271 e. The number of carbonyl (C=O) groups is 1. The lowest BCUT2D eigenvalue weighted by molar-refractivity contribution is -0.384. The van der Waals surface area contributed by atoms with Gasteiger partial charge in [-0.05, 0) is 23.8 Å². The SMILES string of the molecule is N#Cc1ccccc1/C=C/C(=O)Nc1cccc([N+](=O)[O-])c1. The van der Waals surface area contributed by atoms with E-state index in [9.17, 15) is 14.9 Å². The number of nitrogens with zero attached hydrogens (tertiary/aromatic N) is 2. The number of rotatable bonds is 4. The molecular formula is C16H11N3O3. The Kier molecular flexibility index (Phi) is 4.63. The molecule has 0 aliphatic rings. The van der Waals surface area contributed by atoms with E-state index < -0.39 is 10.8 Å². The molecular weight excluding hydrogens is 282 g/mol. The summed E-state index contributed by atoms with van der Waals surface area (Å²) in [6, 6.07) is 14.6. The monoisotopic (exact) mass is 293 g/mol. The van der Waals surface area contributed by atoms with E-state index in [1.807, 2.05) is 6.07 Å². The fourth-order valence-corrected chi connectivity index (χ4v) is 1.79. The first-order valence-corrected chi connectivity index (χ1v) is 6.33. The Balaban J connectivity index is 2.10. The zero-order valence-electron chi connectivity index (χ0n) is 11.4. The highest BCUT2D eigenvalue weighted by Crippen LogP contribution is 2.17. The van der Waals surface area contributed by atoms with Crippen molar-refractivity contribution in [1.82, 2.24) is 0 Å². The van der Waals surface area contributed by atoms with E-state index in [2.05, 4.69) is 5.32 Å². The lowest BCUT2D eigenvalue weighted by Crippen LogP contribution is -2.07. The molecule has 6 nitrogen and oxygen atoms in total. The zero-order chi connectivity index (χ0) is 15.9. The second-order valence-electron chi connectivity index (χ2n) is 4.33. The van der Waals surface area contributed by atoms with Crippen LogP contribution in [0.5, 0.6) is 0 Å². The van der Waals surface area contributed by atoms with Crippen molar-refractivity contribution >= 4 is 23.4 Å². The number of hydrogen-bond donors (Lipinski definition) is 1. The number of non-ortho nitro benzene ring substituents is 1. The third kappa shape index (κ3) is 3.77. The van der Waals surface area contributed by atoms with Crippen molar-refractivity contribution in [2.75, 3.05) is 5.32 Å². The van der Waals surface area contributed by atoms with Crippen LogP contribution in [0.25, 0.3) is 6.08 Å². The largest absolute Gasteiger partial charge is 0.322 e. The first-order chi connectivity index (χ1) is 10.6. The molecule has 0 unspecified atom stereocenters. The summed E-state index contributed by atoms with van der Waals surface area (Å²) in [5.74, 6) is -0.437. The van der Waals surface area contributed by atoms with Crippen molar-refractivity contribution < 1.29 is 9.72 Å². The molecule has 108 valence electrons. The summed E-state index contributed by atoms with van der Waals surface area (Å²) in [7, 11) is 0. The van der Waals surface area contributed by atoms with E-state index >= 15 is 0 Å². The van der Waals surface area contributed by atoms with Gasteiger partial charge in [0.15, 0.2) is 0 Å². The van der Waals surface area contributed by atoms with Crippen LogP contribution in [0, 0.1) is 21.4 Å². The van der Waals surface area contributed by atoms with Gasteiger partial charge in [0, 0.05) is 23.9 Å². The number of nitriles is 1. The normalized spacial score (nSPS) is 10.1. The van der Waals surface area contributed by atoms with Crippen LogP contribution >= 0.6 is 0 Å². The van der Waals surface area contributed by atoms with Crippen molar-refractivity contribution in [3.63, 3.8) is 0 Å². The quantitative estimate of drug-likeness (QED) is 0.532. The van der Waals surface area contributed by atoms with Gasteiger partial charge in [0.05, 0.1) is 16.6 Å². The van der Waals surface area contributed by atoms with Crippen molar-refractivity contribution in [1.29, 1.82) is 5.26 Å². The van der Waals surface area contributed by atoms with Gasteiger partial charge in [-0.2, -0.15) is 5.26 Å². The molecule has 2 aromatic rings. The Morgan fingerprint density at radius 3 is 2.73 bits per heavy atom. The number of benzene rings is 2. The first-order valence-electron chi connectivity index (χ1n) is 6.33. The van der Waals surface area contributed by atoms with E-state index in [-0.39, 0.29) is 5.69 Å². The van der Waals surface area contributed by atoms with E-state index in [0.717, 1.165) is 0 Å². The highest BCUT2D eigenvalue weighted by Gasteiger charge is 2.06. The van der Waals surface area contributed by atoms with Gasteiger partial charge in [-0.1, -0.05) is 24.3 Å². The zero-order valence-corrected chi connectivity index (χ0v) is 11.4. The summed E-state index contributed by atoms with van der Waals surface area (Å²) in [5, 5.41) is 22.2. The maximum atomic E-state index is 11.8. The second kappa shape index (κ2) is 6.81. The molecule has 0 heterocycles. The van der Waals surface area contributed by atoms with Crippen LogP contribution in [-0.2, 0) is 4.79 Å². The molecule has 0 atom stereocenters. The van der Waals surface area contributed by atoms with Crippen LogP contribution in [0.1, 0.15) is 11.1 Å². The number of nitro groups is 1. The van der Waals surface area contributed by atoms with Crippen LogP contribution in [0.2, 0.25) is 0 Å². The molecule has 2 rings (SSSR count). The first kappa shape index (κ1) is 14.9. The highest BCUT2D eigenvalue weighted by atomic mass is 16.6. The Morgan fingerprint density at radius 2 is 2.00 bits per heavy atom. The number of amides is 1. The van der Waals surface area contributed by atoms with E-state index in [1.165, 1.54) is 30.4 Å². The summed E-state index contributed by atoms with van der Waals surface area (Å²) >= 11 is 0. The molecule has 1 amide bonds. The molecule has 1 N–H and O–H groups in total. The van der Waals surface area contributed by atoms with Gasteiger partial charge in [-0.3, -0.25) is 14.9 Å². The van der Waals surface area contributed by atoms with Crippen LogP contribution in [0.4, 0.5) is 11.4 Å². The Bertz CT molecular complexity index is 791. The molecule has 0 aliphatic heterocycles. The lowest BCUT2D eigenvalue weighted by atomic mass is 10.1. The third-order valence-electron chi connectivity index (χ3n) is 2.82. The number of nitro benzene ring substituents is 1. The fourth-order valence-electron chi connectivity index (χ4n) is 1.79. The number of carbonyl (C=O) groups excluding carboxylic acids is 1. The minimum Gasteiger partial charge on any atom is -0.322 e. The Hall–Kier alpha value is -3.46. The molecule has 0 fully saturated rings. The van der Waals surface area contributed by atoms with Crippen molar-refractivity contribution in [2.45, 2.75) is 0 Å². The molecule has 6 heteroatoms.